The van der Waals surface area contributed by atoms with E-state index in [1.807, 2.05) is 12.1 Å². The third-order valence-corrected chi connectivity index (χ3v) is 4.53. The normalized spacial score (nSPS) is 11.6. The summed E-state index contributed by atoms with van der Waals surface area (Å²) in [5.41, 5.74) is 0. The van der Waals surface area contributed by atoms with Crippen molar-refractivity contribution in [3.63, 3.8) is 0 Å². The second-order valence-corrected chi connectivity index (χ2v) is 6.85. The molecule has 0 fully saturated rings. The van der Waals surface area contributed by atoms with Crippen LogP contribution in [0, 0.1) is 0 Å². The Morgan fingerprint density at radius 1 is 1.25 bits per heavy atom. The highest BCUT2D eigenvalue weighted by atomic mass is 79.9. The summed E-state index contributed by atoms with van der Waals surface area (Å²) in [7, 11) is 1.80. The van der Waals surface area contributed by atoms with Crippen molar-refractivity contribution in [2.24, 2.45) is 4.99 Å². The lowest BCUT2D eigenvalue weighted by Crippen LogP contribution is -2.39. The zero-order chi connectivity index (χ0) is 14.2. The van der Waals surface area contributed by atoms with Gasteiger partial charge in [0.05, 0.1) is 3.79 Å². The summed E-state index contributed by atoms with van der Waals surface area (Å²) < 4.78 is 3.32. The smallest absolute Gasteiger partial charge is 0.191 e. The number of thiophene rings is 1. The van der Waals surface area contributed by atoms with Gasteiger partial charge in [-0.2, -0.15) is 0 Å². The van der Waals surface area contributed by atoms with E-state index in [1.165, 1.54) is 8.66 Å². The van der Waals surface area contributed by atoms with Gasteiger partial charge in [0.1, 0.15) is 0 Å². The number of hydrogen-bond acceptors (Lipinski definition) is 2. The topological polar surface area (TPSA) is 41.4 Å². The van der Waals surface area contributed by atoms with Crippen LogP contribution in [0.4, 0.5) is 0 Å². The molecule has 0 saturated carbocycles. The Hall–Kier alpha value is -1.27. The van der Waals surface area contributed by atoms with Gasteiger partial charge in [-0.15, -0.1) is 11.3 Å². The lowest BCUT2D eigenvalue weighted by atomic mass is 10.3. The summed E-state index contributed by atoms with van der Waals surface area (Å²) in [4.78, 5) is 5.59. The van der Waals surface area contributed by atoms with E-state index in [0.717, 1.165) is 32.0 Å². The minimum Gasteiger partial charge on any atom is -0.356 e. The Bertz CT molecular complexity index is 533. The summed E-state index contributed by atoms with van der Waals surface area (Å²) in [6.45, 7) is 2.68. The molecule has 4 nitrogen and oxygen atoms in total. The monoisotopic (exact) mass is 354 g/mol. The average molecular weight is 355 g/mol. The van der Waals surface area contributed by atoms with Crippen LogP contribution >= 0.6 is 27.3 Å². The number of aromatic nitrogens is 1. The molecule has 0 bridgehead atoms. The molecule has 0 atom stereocenters. The fourth-order valence-corrected chi connectivity index (χ4v) is 3.32. The highest BCUT2D eigenvalue weighted by molar-refractivity contribution is 9.11. The Morgan fingerprint density at radius 2 is 2.00 bits per heavy atom. The molecule has 0 aliphatic heterocycles. The lowest BCUT2D eigenvalue weighted by molar-refractivity contribution is 0.665. The van der Waals surface area contributed by atoms with E-state index in [1.54, 1.807) is 18.4 Å². The van der Waals surface area contributed by atoms with Gasteiger partial charge in [-0.25, -0.2) is 0 Å². The molecule has 0 aromatic carbocycles. The molecule has 0 radical (unpaired) electrons. The highest BCUT2D eigenvalue weighted by Gasteiger charge is 2.00. The maximum absolute atomic E-state index is 4.22. The fourth-order valence-electron chi connectivity index (χ4n) is 1.83. The molecule has 2 N–H and O–H groups in total. The molecular weight excluding hydrogens is 336 g/mol. The van der Waals surface area contributed by atoms with Gasteiger partial charge in [-0.3, -0.25) is 4.99 Å². The van der Waals surface area contributed by atoms with Crippen molar-refractivity contribution in [2.45, 2.75) is 13.0 Å². The van der Waals surface area contributed by atoms with Crippen LogP contribution in [0.15, 0.2) is 45.4 Å². The Kier molecular flexibility index (Phi) is 6.14. The summed E-state index contributed by atoms with van der Waals surface area (Å²) in [6, 6.07) is 8.31. The predicted octanol–water partition coefficient (Wildman–Crippen LogP) is 2.72. The van der Waals surface area contributed by atoms with Crippen molar-refractivity contribution in [2.75, 3.05) is 20.1 Å². The first-order valence-corrected chi connectivity index (χ1v) is 8.18. The summed E-state index contributed by atoms with van der Waals surface area (Å²) >= 11 is 5.26. The van der Waals surface area contributed by atoms with Crippen LogP contribution in [0.5, 0.6) is 0 Å². The molecule has 0 saturated heterocycles. The van der Waals surface area contributed by atoms with Crippen LogP contribution in [0.1, 0.15) is 4.88 Å². The maximum Gasteiger partial charge on any atom is 0.191 e. The van der Waals surface area contributed by atoms with Gasteiger partial charge < -0.3 is 15.2 Å². The third-order valence-electron chi connectivity index (χ3n) is 2.84. The number of nitrogens with one attached hydrogen (secondary N) is 2. The van der Waals surface area contributed by atoms with Crippen molar-refractivity contribution in [1.29, 1.82) is 0 Å². The van der Waals surface area contributed by atoms with Gasteiger partial charge >= 0.3 is 0 Å². The van der Waals surface area contributed by atoms with Crippen LogP contribution in [0.25, 0.3) is 0 Å². The number of aliphatic imine (C=N–C) groups is 1. The molecule has 108 valence electrons. The van der Waals surface area contributed by atoms with Crippen molar-refractivity contribution in [3.8, 4) is 0 Å². The van der Waals surface area contributed by atoms with Crippen molar-refractivity contribution in [1.82, 2.24) is 15.2 Å². The molecule has 0 aliphatic rings. The SMILES string of the molecule is CN=C(NCCc1ccc(Br)s1)NCCn1cccc1. The Morgan fingerprint density at radius 3 is 2.65 bits per heavy atom. The van der Waals surface area contributed by atoms with E-state index < -0.39 is 0 Å². The largest absolute Gasteiger partial charge is 0.356 e. The van der Waals surface area contributed by atoms with Crippen molar-refractivity contribution < 1.29 is 0 Å². The number of guanidine groups is 1. The van der Waals surface area contributed by atoms with Crippen LogP contribution in [0.3, 0.4) is 0 Å². The molecule has 20 heavy (non-hydrogen) atoms. The van der Waals surface area contributed by atoms with E-state index >= 15 is 0 Å². The quantitative estimate of drug-likeness (QED) is 0.618. The second kappa shape index (κ2) is 8.11. The van der Waals surface area contributed by atoms with Crippen LogP contribution in [-0.4, -0.2) is 30.7 Å². The van der Waals surface area contributed by atoms with E-state index in [0.29, 0.717) is 0 Å². The molecular formula is C14H19BrN4S. The molecule has 0 unspecified atom stereocenters. The van der Waals surface area contributed by atoms with Gasteiger partial charge in [0.25, 0.3) is 0 Å². The van der Waals surface area contributed by atoms with Gasteiger partial charge in [0, 0.05) is 44.0 Å². The third kappa shape index (κ3) is 5.02. The summed E-state index contributed by atoms with van der Waals surface area (Å²) in [5.74, 6) is 0.854. The number of rotatable bonds is 6. The maximum atomic E-state index is 4.22. The lowest BCUT2D eigenvalue weighted by Gasteiger charge is -2.11. The van der Waals surface area contributed by atoms with Crippen LogP contribution in [0.2, 0.25) is 0 Å². The fraction of sp³-hybridized carbons (Fsp3) is 0.357. The van der Waals surface area contributed by atoms with Crippen molar-refractivity contribution in [3.05, 3.63) is 45.3 Å². The molecule has 2 rings (SSSR count). The molecule has 2 heterocycles. The van der Waals surface area contributed by atoms with E-state index in [9.17, 15) is 0 Å². The summed E-state index contributed by atoms with van der Waals surface area (Å²) in [5, 5.41) is 6.64. The first kappa shape index (κ1) is 15.1. The molecule has 2 aromatic rings. The number of hydrogen-bond donors (Lipinski definition) is 2. The zero-order valence-corrected chi connectivity index (χ0v) is 13.9. The van der Waals surface area contributed by atoms with Crippen molar-refractivity contribution >= 4 is 33.2 Å². The Balaban J connectivity index is 1.65. The van der Waals surface area contributed by atoms with Crippen LogP contribution < -0.4 is 10.6 Å². The first-order chi connectivity index (χ1) is 9.78. The van der Waals surface area contributed by atoms with Gasteiger partial charge in [-0.1, -0.05) is 0 Å². The highest BCUT2D eigenvalue weighted by Crippen LogP contribution is 2.21. The van der Waals surface area contributed by atoms with E-state index in [2.05, 4.69) is 60.6 Å². The molecule has 0 aliphatic carbocycles. The molecule has 2 aromatic heterocycles. The van der Waals surface area contributed by atoms with Gasteiger partial charge in [0.15, 0.2) is 5.96 Å². The molecule has 6 heteroatoms. The number of nitrogens with zero attached hydrogens (tertiary/aromatic N) is 2. The standard InChI is InChI=1S/C14H19BrN4S/c1-16-14(18-8-11-19-9-2-3-10-19)17-7-6-12-4-5-13(15)20-12/h2-5,9-10H,6-8,11H2,1H3,(H2,16,17,18). The Labute approximate surface area is 132 Å². The predicted molar refractivity (Wildman–Crippen MR) is 89.5 cm³/mol. The molecule has 0 amide bonds. The zero-order valence-electron chi connectivity index (χ0n) is 11.5. The van der Waals surface area contributed by atoms with Gasteiger partial charge in [0.2, 0.25) is 0 Å². The minimum atomic E-state index is 0.854. The average Bonchev–Trinajstić information content (AvgIpc) is 3.09. The minimum absolute atomic E-state index is 0.854. The molecule has 0 spiro atoms. The number of halogens is 1. The first-order valence-electron chi connectivity index (χ1n) is 6.57. The van der Waals surface area contributed by atoms with Crippen LogP contribution in [-0.2, 0) is 13.0 Å². The summed E-state index contributed by atoms with van der Waals surface area (Å²) in [6.07, 6.45) is 5.13. The van der Waals surface area contributed by atoms with Gasteiger partial charge in [-0.05, 0) is 46.6 Å². The second-order valence-electron chi connectivity index (χ2n) is 4.30. The van der Waals surface area contributed by atoms with E-state index in [-0.39, 0.29) is 0 Å². The van der Waals surface area contributed by atoms with E-state index in [4.69, 9.17) is 0 Å².